The third-order valence-corrected chi connectivity index (χ3v) is 3.45. The van der Waals surface area contributed by atoms with Crippen LogP contribution in [0.5, 0.6) is 0 Å². The smallest absolute Gasteiger partial charge is 0.228 e. The van der Waals surface area contributed by atoms with E-state index in [9.17, 15) is 10.1 Å². The molecule has 2 rings (SSSR count). The van der Waals surface area contributed by atoms with Gasteiger partial charge in [0.1, 0.15) is 0 Å². The van der Waals surface area contributed by atoms with Crippen LogP contribution in [-0.4, -0.2) is 10.5 Å². The van der Waals surface area contributed by atoms with E-state index >= 15 is 0 Å². The second kappa shape index (κ2) is 2.31. The Kier molecular flexibility index (Phi) is 1.50. The fourth-order valence-electron chi connectivity index (χ4n) is 2.68. The predicted molar refractivity (Wildman–Crippen MR) is 45.4 cm³/mol. The van der Waals surface area contributed by atoms with E-state index in [1.807, 2.05) is 13.0 Å². The minimum Gasteiger partial charge on any atom is -0.264 e. The van der Waals surface area contributed by atoms with Gasteiger partial charge in [0.2, 0.25) is 5.54 Å². The zero-order valence-corrected chi connectivity index (χ0v) is 7.19. The Hall–Kier alpha value is -0.860. The molecule has 0 aromatic carbocycles. The molecule has 2 aliphatic rings. The van der Waals surface area contributed by atoms with E-state index in [0.29, 0.717) is 12.3 Å². The highest BCUT2D eigenvalue weighted by atomic mass is 16.6. The molecule has 0 unspecified atom stereocenters. The number of allylic oxidation sites excluding steroid dienone is 1. The molecule has 0 heterocycles. The fraction of sp³-hybridized carbons (Fsp3) is 0.778. The SMILES string of the molecule is CC[C@@]1([N+](=O)[O-])C[C@H]2C=C[C@H]1C2. The zero-order chi connectivity index (χ0) is 8.77. The van der Waals surface area contributed by atoms with E-state index in [4.69, 9.17) is 0 Å². The summed E-state index contributed by atoms with van der Waals surface area (Å²) < 4.78 is 0. The standard InChI is InChI=1S/C9H13NO2/c1-2-9(10(11)12)6-7-3-4-8(9)5-7/h3-4,7-8H,2,5-6H2,1H3/t7-,8-,9+/m0/s1. The highest BCUT2D eigenvalue weighted by Crippen LogP contribution is 2.49. The largest absolute Gasteiger partial charge is 0.264 e. The summed E-state index contributed by atoms with van der Waals surface area (Å²) in [5.74, 6) is 0.697. The lowest BCUT2D eigenvalue weighted by Gasteiger charge is -2.25. The van der Waals surface area contributed by atoms with E-state index in [0.717, 1.165) is 12.8 Å². The van der Waals surface area contributed by atoms with E-state index in [1.165, 1.54) is 0 Å². The summed E-state index contributed by atoms with van der Waals surface area (Å²) in [6, 6.07) is 0. The van der Waals surface area contributed by atoms with E-state index in [1.54, 1.807) is 0 Å². The van der Waals surface area contributed by atoms with Crippen molar-refractivity contribution in [2.45, 2.75) is 31.7 Å². The Morgan fingerprint density at radius 2 is 2.42 bits per heavy atom. The highest BCUT2D eigenvalue weighted by Gasteiger charge is 2.56. The summed E-state index contributed by atoms with van der Waals surface area (Å²) in [5.41, 5.74) is -0.612. The topological polar surface area (TPSA) is 43.1 Å². The predicted octanol–water partition coefficient (Wildman–Crippen LogP) is 2.01. The summed E-state index contributed by atoms with van der Waals surface area (Å²) in [6.45, 7) is 1.93. The Labute approximate surface area is 71.6 Å². The van der Waals surface area contributed by atoms with Gasteiger partial charge in [-0.05, 0) is 12.3 Å². The lowest BCUT2D eigenvalue weighted by Crippen LogP contribution is -2.41. The van der Waals surface area contributed by atoms with Crippen molar-refractivity contribution in [3.63, 3.8) is 0 Å². The summed E-state index contributed by atoms with van der Waals surface area (Å²) in [5, 5.41) is 10.9. The first-order valence-electron chi connectivity index (χ1n) is 4.52. The van der Waals surface area contributed by atoms with Crippen molar-refractivity contribution in [2.24, 2.45) is 11.8 Å². The number of nitro groups is 1. The lowest BCUT2D eigenvalue weighted by atomic mass is 9.83. The molecule has 0 aromatic heterocycles. The van der Waals surface area contributed by atoms with E-state index in [2.05, 4.69) is 6.08 Å². The minimum atomic E-state index is -0.612. The normalized spacial score (nSPS) is 43.8. The number of hydrogen-bond donors (Lipinski definition) is 0. The van der Waals surface area contributed by atoms with Crippen molar-refractivity contribution in [1.29, 1.82) is 0 Å². The van der Waals surface area contributed by atoms with Crippen molar-refractivity contribution in [3.8, 4) is 0 Å². The Morgan fingerprint density at radius 1 is 1.67 bits per heavy atom. The molecule has 2 aliphatic carbocycles. The van der Waals surface area contributed by atoms with Gasteiger partial charge in [0.15, 0.2) is 0 Å². The Morgan fingerprint density at radius 3 is 2.67 bits per heavy atom. The molecule has 2 bridgehead atoms. The summed E-state index contributed by atoms with van der Waals surface area (Å²) in [4.78, 5) is 10.9. The molecule has 66 valence electrons. The van der Waals surface area contributed by atoms with E-state index < -0.39 is 5.54 Å². The maximum atomic E-state index is 10.9. The zero-order valence-electron chi connectivity index (χ0n) is 7.19. The van der Waals surface area contributed by atoms with Crippen molar-refractivity contribution in [3.05, 3.63) is 22.3 Å². The van der Waals surface area contributed by atoms with Gasteiger partial charge in [-0.2, -0.15) is 0 Å². The minimum absolute atomic E-state index is 0.0544. The molecule has 0 amide bonds. The van der Waals surface area contributed by atoms with Gasteiger partial charge in [0.25, 0.3) is 0 Å². The molecule has 12 heavy (non-hydrogen) atoms. The molecule has 0 N–H and O–H groups in total. The first-order chi connectivity index (χ1) is 5.69. The molecule has 3 nitrogen and oxygen atoms in total. The second-order valence-electron chi connectivity index (χ2n) is 3.91. The molecule has 3 heteroatoms. The number of hydrogen-bond acceptors (Lipinski definition) is 2. The third kappa shape index (κ3) is 0.765. The monoisotopic (exact) mass is 167 g/mol. The lowest BCUT2D eigenvalue weighted by molar-refractivity contribution is -0.576. The van der Waals surface area contributed by atoms with Gasteiger partial charge >= 0.3 is 0 Å². The highest BCUT2D eigenvalue weighted by molar-refractivity contribution is 5.16. The van der Waals surface area contributed by atoms with Gasteiger partial charge in [-0.25, -0.2) is 0 Å². The Bertz CT molecular complexity index is 249. The van der Waals surface area contributed by atoms with Crippen LogP contribution in [0.15, 0.2) is 12.2 Å². The second-order valence-corrected chi connectivity index (χ2v) is 3.91. The van der Waals surface area contributed by atoms with Gasteiger partial charge in [-0.1, -0.05) is 19.1 Å². The summed E-state index contributed by atoms with van der Waals surface area (Å²) in [6.07, 6.45) is 6.63. The molecule has 0 aromatic rings. The number of rotatable bonds is 2. The van der Waals surface area contributed by atoms with Gasteiger partial charge < -0.3 is 0 Å². The summed E-state index contributed by atoms with van der Waals surface area (Å²) in [7, 11) is 0. The van der Waals surface area contributed by atoms with Crippen LogP contribution in [0.25, 0.3) is 0 Å². The number of nitrogens with zero attached hydrogens (tertiary/aromatic N) is 1. The van der Waals surface area contributed by atoms with Crippen LogP contribution in [0.4, 0.5) is 0 Å². The maximum Gasteiger partial charge on any atom is 0.228 e. The van der Waals surface area contributed by atoms with Crippen molar-refractivity contribution in [1.82, 2.24) is 0 Å². The van der Waals surface area contributed by atoms with Crippen molar-refractivity contribution in [2.75, 3.05) is 0 Å². The molecule has 3 atom stereocenters. The molecule has 1 fully saturated rings. The number of fused-ring (bicyclic) bond motifs is 2. The molecule has 0 spiro atoms. The quantitative estimate of drug-likeness (QED) is 0.358. The molecule has 1 saturated carbocycles. The van der Waals surface area contributed by atoms with Crippen LogP contribution in [0.1, 0.15) is 26.2 Å². The Balaban J connectivity index is 2.31. The molecule has 0 radical (unpaired) electrons. The average molecular weight is 167 g/mol. The van der Waals surface area contributed by atoms with E-state index in [-0.39, 0.29) is 10.8 Å². The molecule has 0 aliphatic heterocycles. The van der Waals surface area contributed by atoms with Gasteiger partial charge in [-0.15, -0.1) is 0 Å². The molecule has 0 saturated heterocycles. The first kappa shape index (κ1) is 7.77. The van der Waals surface area contributed by atoms with Crippen LogP contribution in [0, 0.1) is 22.0 Å². The third-order valence-electron chi connectivity index (χ3n) is 3.45. The molecular weight excluding hydrogens is 154 g/mol. The fourth-order valence-corrected chi connectivity index (χ4v) is 2.68. The average Bonchev–Trinajstić information content (AvgIpc) is 2.62. The maximum absolute atomic E-state index is 10.9. The molecular formula is C9H13NO2. The van der Waals surface area contributed by atoms with Crippen LogP contribution < -0.4 is 0 Å². The first-order valence-corrected chi connectivity index (χ1v) is 4.52. The van der Waals surface area contributed by atoms with Crippen molar-refractivity contribution < 1.29 is 4.92 Å². The van der Waals surface area contributed by atoms with Crippen molar-refractivity contribution >= 4 is 0 Å². The van der Waals surface area contributed by atoms with Crippen LogP contribution in [0.2, 0.25) is 0 Å². The van der Waals surface area contributed by atoms with Crippen LogP contribution in [-0.2, 0) is 0 Å². The van der Waals surface area contributed by atoms with Gasteiger partial charge in [0.05, 0.1) is 0 Å². The van der Waals surface area contributed by atoms with Crippen LogP contribution >= 0.6 is 0 Å². The van der Waals surface area contributed by atoms with Crippen LogP contribution in [0.3, 0.4) is 0 Å². The summed E-state index contributed by atoms with van der Waals surface area (Å²) >= 11 is 0. The van der Waals surface area contributed by atoms with Gasteiger partial charge in [0, 0.05) is 23.7 Å². The van der Waals surface area contributed by atoms with Gasteiger partial charge in [-0.3, -0.25) is 10.1 Å².